The molecule has 19 heavy (non-hydrogen) atoms. The zero-order valence-corrected chi connectivity index (χ0v) is 11.3. The van der Waals surface area contributed by atoms with Gasteiger partial charge in [0.1, 0.15) is 6.04 Å². The number of rotatable bonds is 5. The lowest BCUT2D eigenvalue weighted by atomic mass is 10.1. The number of hydrogen-bond donors (Lipinski definition) is 2. The molecule has 0 spiro atoms. The number of carboxylic acid groups (broad SMARTS) is 1. The Labute approximate surface area is 118 Å². The average Bonchev–Trinajstić information content (AvgIpc) is 2.28. The standard InChI is InChI=1S/C11H12F3NO2S.ClH/c12-11(13,14)8-3-1-7(2-4-8)5-18-6-9(15)10(16)17;/h1-4,9H,5-6,15H2,(H,16,17);1H/t9-;/m0./s1. The van der Waals surface area contributed by atoms with Crippen LogP contribution >= 0.6 is 24.2 Å². The highest BCUT2D eigenvalue weighted by Crippen LogP contribution is 2.29. The Balaban J connectivity index is 0.00000324. The third-order valence-corrected chi connectivity index (χ3v) is 3.30. The molecule has 0 unspecified atom stereocenters. The lowest BCUT2D eigenvalue weighted by molar-refractivity contribution is -0.138. The Morgan fingerprint density at radius 1 is 1.32 bits per heavy atom. The van der Waals surface area contributed by atoms with Crippen molar-refractivity contribution in [2.75, 3.05) is 5.75 Å². The highest BCUT2D eigenvalue weighted by molar-refractivity contribution is 7.98. The first kappa shape index (κ1) is 18.1. The van der Waals surface area contributed by atoms with E-state index in [0.29, 0.717) is 11.3 Å². The van der Waals surface area contributed by atoms with Crippen LogP contribution in [0.1, 0.15) is 11.1 Å². The maximum Gasteiger partial charge on any atom is 0.416 e. The topological polar surface area (TPSA) is 63.3 Å². The average molecular weight is 316 g/mol. The number of halogens is 4. The summed E-state index contributed by atoms with van der Waals surface area (Å²) >= 11 is 1.27. The van der Waals surface area contributed by atoms with Crippen LogP contribution in [0.15, 0.2) is 24.3 Å². The molecule has 0 aromatic heterocycles. The van der Waals surface area contributed by atoms with E-state index in [2.05, 4.69) is 0 Å². The number of carboxylic acids is 1. The summed E-state index contributed by atoms with van der Waals surface area (Å²) in [5.74, 6) is -0.440. The number of aliphatic carboxylic acids is 1. The minimum atomic E-state index is -4.34. The van der Waals surface area contributed by atoms with Crippen LogP contribution in [0.4, 0.5) is 13.2 Å². The van der Waals surface area contributed by atoms with Gasteiger partial charge in [0.25, 0.3) is 0 Å². The molecule has 3 nitrogen and oxygen atoms in total. The van der Waals surface area contributed by atoms with Crippen LogP contribution in [-0.4, -0.2) is 22.9 Å². The number of thioether (sulfide) groups is 1. The minimum absolute atomic E-state index is 0. The summed E-state index contributed by atoms with van der Waals surface area (Å²) < 4.78 is 36.8. The van der Waals surface area contributed by atoms with Gasteiger partial charge in [-0.2, -0.15) is 24.9 Å². The van der Waals surface area contributed by atoms with Crippen LogP contribution < -0.4 is 5.73 Å². The van der Waals surface area contributed by atoms with Crippen molar-refractivity contribution in [3.05, 3.63) is 35.4 Å². The van der Waals surface area contributed by atoms with Crippen molar-refractivity contribution in [2.45, 2.75) is 18.0 Å². The fourth-order valence-electron chi connectivity index (χ4n) is 1.16. The van der Waals surface area contributed by atoms with Gasteiger partial charge < -0.3 is 10.8 Å². The molecule has 0 aliphatic carbocycles. The van der Waals surface area contributed by atoms with Crippen LogP contribution in [-0.2, 0) is 16.7 Å². The smallest absolute Gasteiger partial charge is 0.416 e. The molecule has 1 atom stereocenters. The van der Waals surface area contributed by atoms with E-state index >= 15 is 0 Å². The summed E-state index contributed by atoms with van der Waals surface area (Å²) in [6, 6.07) is 3.81. The van der Waals surface area contributed by atoms with Crippen LogP contribution in [0.25, 0.3) is 0 Å². The number of alkyl halides is 3. The Bertz CT molecular complexity index is 411. The Hall–Kier alpha value is -0.920. The molecule has 0 saturated heterocycles. The second-order valence-electron chi connectivity index (χ2n) is 3.65. The van der Waals surface area contributed by atoms with Crippen molar-refractivity contribution in [3.63, 3.8) is 0 Å². The van der Waals surface area contributed by atoms with Crippen molar-refractivity contribution in [1.82, 2.24) is 0 Å². The monoisotopic (exact) mass is 315 g/mol. The molecule has 1 rings (SSSR count). The summed E-state index contributed by atoms with van der Waals surface area (Å²) in [6.07, 6.45) is -4.34. The molecule has 1 aromatic rings. The van der Waals surface area contributed by atoms with E-state index in [-0.39, 0.29) is 18.2 Å². The Kier molecular flexibility index (Phi) is 7.25. The molecule has 0 aliphatic rings. The van der Waals surface area contributed by atoms with Gasteiger partial charge in [0.15, 0.2) is 0 Å². The molecule has 8 heteroatoms. The predicted molar refractivity (Wildman–Crippen MR) is 70.5 cm³/mol. The number of hydrogen-bond acceptors (Lipinski definition) is 3. The molecule has 3 N–H and O–H groups in total. The summed E-state index contributed by atoms with van der Waals surface area (Å²) in [7, 11) is 0. The van der Waals surface area contributed by atoms with Gasteiger partial charge in [-0.3, -0.25) is 4.79 Å². The molecule has 1 aromatic carbocycles. The van der Waals surface area contributed by atoms with Crippen molar-refractivity contribution in [2.24, 2.45) is 5.73 Å². The second-order valence-corrected chi connectivity index (χ2v) is 4.68. The molecular weight excluding hydrogens is 303 g/mol. The van der Waals surface area contributed by atoms with Gasteiger partial charge in [-0.1, -0.05) is 12.1 Å². The quantitative estimate of drug-likeness (QED) is 0.877. The van der Waals surface area contributed by atoms with Crippen LogP contribution in [0.2, 0.25) is 0 Å². The molecule has 108 valence electrons. The SMILES string of the molecule is Cl.N[C@@H](CSCc1ccc(C(F)(F)F)cc1)C(=O)O. The third-order valence-electron chi connectivity index (χ3n) is 2.16. The Morgan fingerprint density at radius 2 is 1.84 bits per heavy atom. The molecule has 0 bridgehead atoms. The normalized spacial score (nSPS) is 12.6. The van der Waals surface area contributed by atoms with E-state index in [1.165, 1.54) is 23.9 Å². The van der Waals surface area contributed by atoms with E-state index in [9.17, 15) is 18.0 Å². The predicted octanol–water partition coefficient (Wildman–Crippen LogP) is 2.77. The zero-order valence-electron chi connectivity index (χ0n) is 9.68. The third kappa shape index (κ3) is 6.17. The van der Waals surface area contributed by atoms with Crippen molar-refractivity contribution in [3.8, 4) is 0 Å². The summed E-state index contributed by atoms with van der Waals surface area (Å²) in [4.78, 5) is 10.4. The Morgan fingerprint density at radius 3 is 2.26 bits per heavy atom. The molecule has 0 saturated carbocycles. The molecule has 0 aliphatic heterocycles. The first-order chi connectivity index (χ1) is 8.30. The number of nitrogens with two attached hydrogens (primary N) is 1. The van der Waals surface area contributed by atoms with E-state index in [1.54, 1.807) is 0 Å². The largest absolute Gasteiger partial charge is 0.480 e. The summed E-state index contributed by atoms with van der Waals surface area (Å²) in [6.45, 7) is 0. The lowest BCUT2D eigenvalue weighted by Gasteiger charge is -2.08. The van der Waals surface area contributed by atoms with E-state index in [0.717, 1.165) is 12.1 Å². The lowest BCUT2D eigenvalue weighted by Crippen LogP contribution is -2.32. The molecular formula is C11H13ClF3NO2S. The first-order valence-corrected chi connectivity index (χ1v) is 6.18. The van der Waals surface area contributed by atoms with Crippen molar-refractivity contribution < 1.29 is 23.1 Å². The van der Waals surface area contributed by atoms with Crippen molar-refractivity contribution in [1.29, 1.82) is 0 Å². The van der Waals surface area contributed by atoms with Crippen LogP contribution in [0, 0.1) is 0 Å². The van der Waals surface area contributed by atoms with E-state index < -0.39 is 23.8 Å². The highest BCUT2D eigenvalue weighted by atomic mass is 35.5. The molecule has 0 fully saturated rings. The minimum Gasteiger partial charge on any atom is -0.480 e. The maximum atomic E-state index is 12.3. The van der Waals surface area contributed by atoms with Gasteiger partial charge in [-0.25, -0.2) is 0 Å². The van der Waals surface area contributed by atoms with Gasteiger partial charge in [-0.15, -0.1) is 12.4 Å². The van der Waals surface area contributed by atoms with Gasteiger partial charge in [0, 0.05) is 11.5 Å². The van der Waals surface area contributed by atoms with Gasteiger partial charge >= 0.3 is 12.1 Å². The maximum absolute atomic E-state index is 12.3. The van der Waals surface area contributed by atoms with E-state index in [4.69, 9.17) is 10.8 Å². The van der Waals surface area contributed by atoms with Gasteiger partial charge in [0.05, 0.1) is 5.56 Å². The second kappa shape index (κ2) is 7.62. The summed E-state index contributed by atoms with van der Waals surface area (Å²) in [5.41, 5.74) is 5.30. The molecule has 0 heterocycles. The zero-order chi connectivity index (χ0) is 13.8. The van der Waals surface area contributed by atoms with Crippen LogP contribution in [0.5, 0.6) is 0 Å². The fraction of sp³-hybridized carbons (Fsp3) is 0.364. The van der Waals surface area contributed by atoms with Crippen LogP contribution in [0.3, 0.4) is 0 Å². The first-order valence-electron chi connectivity index (χ1n) is 5.03. The summed E-state index contributed by atoms with van der Waals surface area (Å²) in [5, 5.41) is 8.54. The van der Waals surface area contributed by atoms with E-state index in [1.807, 2.05) is 0 Å². The number of benzene rings is 1. The number of carbonyl (C=O) groups is 1. The van der Waals surface area contributed by atoms with Crippen molar-refractivity contribution >= 4 is 30.1 Å². The van der Waals surface area contributed by atoms with Gasteiger partial charge in [0.2, 0.25) is 0 Å². The van der Waals surface area contributed by atoms with Gasteiger partial charge in [-0.05, 0) is 17.7 Å². The fourth-order valence-corrected chi connectivity index (χ4v) is 2.11. The highest BCUT2D eigenvalue weighted by Gasteiger charge is 2.29. The molecule has 0 radical (unpaired) electrons. The molecule has 0 amide bonds.